The van der Waals surface area contributed by atoms with Gasteiger partial charge in [0.05, 0.1) is 0 Å². The van der Waals surface area contributed by atoms with Crippen LogP contribution >= 0.6 is 21.2 Å². The molecule has 7 heavy (non-hydrogen) atoms. The van der Waals surface area contributed by atoms with Gasteiger partial charge in [0.25, 0.3) is 0 Å². The van der Waals surface area contributed by atoms with Gasteiger partial charge in [-0.3, -0.25) is 5.32 Å². The molecule has 0 aliphatic carbocycles. The molecule has 0 fully saturated rings. The van der Waals surface area contributed by atoms with Gasteiger partial charge in [-0.05, 0) is 6.92 Å². The number of hydrogen-bond donors (Lipinski definition) is 2. The molecule has 0 aromatic carbocycles. The lowest BCUT2D eigenvalue weighted by Crippen LogP contribution is -2.13. The van der Waals surface area contributed by atoms with Gasteiger partial charge in [0.1, 0.15) is 0 Å². The van der Waals surface area contributed by atoms with Gasteiger partial charge in [-0.1, -0.05) is 0 Å². The maximum atomic E-state index is 4.32. The fourth-order valence-corrected chi connectivity index (χ4v) is 1.90. The van der Waals surface area contributed by atoms with Crippen molar-refractivity contribution in [2.24, 2.45) is 0 Å². The number of thiol groups is 1. The molecule has 1 aliphatic rings. The van der Waals surface area contributed by atoms with Crippen molar-refractivity contribution in [3.8, 4) is 0 Å². The van der Waals surface area contributed by atoms with E-state index < -0.39 is 0 Å². The third-order valence-electron chi connectivity index (χ3n) is 1.02. The van der Waals surface area contributed by atoms with Crippen molar-refractivity contribution in [1.29, 1.82) is 0 Å². The Morgan fingerprint density at radius 3 is 2.71 bits per heavy atom. The predicted octanol–water partition coefficient (Wildman–Crippen LogP) is 0.853. The van der Waals surface area contributed by atoms with E-state index in [4.69, 9.17) is 0 Å². The van der Waals surface area contributed by atoms with E-state index in [1.807, 2.05) is 0 Å². The first-order chi connectivity index (χ1) is 3.30. The Hall–Kier alpha value is 0.530. The summed E-state index contributed by atoms with van der Waals surface area (Å²) in [5, 5.41) is 3.22. The fraction of sp³-hybridized carbons (Fsp3) is 0.750. The Kier molecular flexibility index (Phi) is 1.78. The van der Waals surface area contributed by atoms with Crippen molar-refractivity contribution in [2.75, 3.05) is 12.3 Å². The maximum absolute atomic E-state index is 4.32. The van der Waals surface area contributed by atoms with Crippen molar-refractivity contribution in [3.63, 3.8) is 0 Å². The van der Waals surface area contributed by atoms with Crippen molar-refractivity contribution in [3.05, 3.63) is 0 Å². The van der Waals surface area contributed by atoms with Crippen LogP contribution in [0.3, 0.4) is 0 Å². The molecule has 1 nitrogen and oxygen atoms in total. The van der Waals surface area contributed by atoms with Gasteiger partial charge in [0, 0.05) is 17.3 Å². The highest BCUT2D eigenvalue weighted by Crippen LogP contribution is 2.21. The second-order valence-electron chi connectivity index (χ2n) is 1.55. The Balaban J connectivity index is 2.64. The highest BCUT2D eigenvalue weighted by molar-refractivity contribution is 8.76. The molecule has 0 aromatic rings. The average Bonchev–Trinajstić information content (AvgIpc) is 1.91. The molecule has 1 heterocycles. The van der Waals surface area contributed by atoms with E-state index in [1.165, 1.54) is 10.7 Å². The lowest BCUT2D eigenvalue weighted by molar-refractivity contribution is 1.01. The Morgan fingerprint density at radius 2 is 2.57 bits per heavy atom. The fourth-order valence-electron chi connectivity index (χ4n) is 0.560. The summed E-state index contributed by atoms with van der Waals surface area (Å²) >= 11 is 4.32. The van der Waals surface area contributed by atoms with Crippen LogP contribution in [0.15, 0.2) is 0 Å². The molecule has 0 saturated heterocycles. The van der Waals surface area contributed by atoms with Crippen LogP contribution in [0.1, 0.15) is 6.92 Å². The lowest BCUT2D eigenvalue weighted by Gasteiger charge is -1.89. The summed E-state index contributed by atoms with van der Waals surface area (Å²) in [5.41, 5.74) is 0. The summed E-state index contributed by atoms with van der Waals surface area (Å²) in [6, 6.07) is 0. The molecule has 0 aromatic heterocycles. The summed E-state index contributed by atoms with van der Waals surface area (Å²) in [5.74, 6) is 1.22. The number of hydrogen-bond acceptors (Lipinski definition) is 2. The van der Waals surface area contributed by atoms with Crippen molar-refractivity contribution in [2.45, 2.75) is 6.92 Å². The maximum Gasteiger partial charge on any atom is 0.0220 e. The van der Waals surface area contributed by atoms with Gasteiger partial charge in [-0.15, -0.1) is 21.2 Å². The zero-order valence-corrected chi connectivity index (χ0v) is 5.98. The van der Waals surface area contributed by atoms with E-state index in [-0.39, 0.29) is 9.52 Å². The predicted molar refractivity (Wildman–Crippen MR) is 40.1 cm³/mol. The molecular weight excluding hydrogens is 126 g/mol. The third-order valence-corrected chi connectivity index (χ3v) is 3.83. The molecule has 1 N–H and O–H groups in total. The van der Waals surface area contributed by atoms with E-state index in [9.17, 15) is 0 Å². The lowest BCUT2D eigenvalue weighted by atomic mass is 10.7. The Morgan fingerprint density at radius 1 is 1.86 bits per heavy atom. The van der Waals surface area contributed by atoms with Crippen LogP contribution in [0.25, 0.3) is 0 Å². The normalized spacial score (nSPS) is 31.7. The molecule has 0 radical (unpaired) electrons. The van der Waals surface area contributed by atoms with E-state index in [0.717, 1.165) is 6.54 Å². The summed E-state index contributed by atoms with van der Waals surface area (Å²) in [7, 11) is 0.282. The largest absolute Gasteiger partial charge is 0.286 e. The first-order valence-electron chi connectivity index (χ1n) is 2.28. The first-order valence-corrected chi connectivity index (χ1v) is 4.73. The SMILES string of the molecule is CC1=S(S)CCN1. The second-order valence-corrected chi connectivity index (χ2v) is 4.62. The molecule has 1 rings (SSSR count). The van der Waals surface area contributed by atoms with Crippen LogP contribution in [0.4, 0.5) is 0 Å². The number of rotatable bonds is 0. The van der Waals surface area contributed by atoms with Crippen LogP contribution in [-0.4, -0.2) is 17.3 Å². The van der Waals surface area contributed by atoms with Crippen LogP contribution in [0, 0.1) is 0 Å². The van der Waals surface area contributed by atoms with Crippen LogP contribution in [-0.2, 0) is 0 Å². The van der Waals surface area contributed by atoms with Gasteiger partial charge in [0.15, 0.2) is 0 Å². The van der Waals surface area contributed by atoms with E-state index in [1.54, 1.807) is 0 Å². The standard InChI is InChI=1S/C4H9NS2/c1-4-5-2-3-7(4)6/h5-6H,2-3H2,1H3. The van der Waals surface area contributed by atoms with Crippen molar-refractivity contribution < 1.29 is 0 Å². The van der Waals surface area contributed by atoms with Crippen LogP contribution in [0.5, 0.6) is 0 Å². The highest BCUT2D eigenvalue weighted by atomic mass is 33.1. The van der Waals surface area contributed by atoms with Crippen LogP contribution < -0.4 is 5.32 Å². The highest BCUT2D eigenvalue weighted by Gasteiger charge is 2.02. The molecule has 0 spiro atoms. The minimum Gasteiger partial charge on any atom is -0.286 e. The quantitative estimate of drug-likeness (QED) is 0.285. The van der Waals surface area contributed by atoms with Gasteiger partial charge < -0.3 is 0 Å². The molecular formula is C4H9NS2. The molecule has 0 amide bonds. The monoisotopic (exact) mass is 135 g/mol. The smallest absolute Gasteiger partial charge is 0.0220 e. The van der Waals surface area contributed by atoms with E-state index in [2.05, 4.69) is 23.9 Å². The molecule has 1 aliphatic heterocycles. The average molecular weight is 135 g/mol. The molecule has 0 bridgehead atoms. The Labute approximate surface area is 51.2 Å². The second kappa shape index (κ2) is 2.20. The summed E-state index contributed by atoms with van der Waals surface area (Å²) in [4.78, 5) is 1.35. The first kappa shape index (κ1) is 5.66. The summed E-state index contributed by atoms with van der Waals surface area (Å²) < 4.78 is 0. The van der Waals surface area contributed by atoms with Gasteiger partial charge in [0.2, 0.25) is 0 Å². The van der Waals surface area contributed by atoms with Gasteiger partial charge in [-0.2, -0.15) is 0 Å². The Bertz CT molecular complexity index is 96.3. The molecule has 42 valence electrons. The minimum atomic E-state index is 0.282. The van der Waals surface area contributed by atoms with Gasteiger partial charge in [-0.25, -0.2) is 0 Å². The van der Waals surface area contributed by atoms with Crippen molar-refractivity contribution in [1.82, 2.24) is 5.32 Å². The topological polar surface area (TPSA) is 12.0 Å². The summed E-state index contributed by atoms with van der Waals surface area (Å²) in [6.07, 6.45) is 0. The minimum absolute atomic E-state index is 0.282. The van der Waals surface area contributed by atoms with Crippen LogP contribution in [0.2, 0.25) is 0 Å². The summed E-state index contributed by atoms with van der Waals surface area (Å²) in [6.45, 7) is 3.22. The third kappa shape index (κ3) is 1.21. The molecule has 1 atom stereocenters. The zero-order valence-electron chi connectivity index (χ0n) is 4.27. The zero-order chi connectivity index (χ0) is 5.28. The molecule has 1 unspecified atom stereocenters. The molecule has 0 saturated carbocycles. The van der Waals surface area contributed by atoms with Gasteiger partial charge >= 0.3 is 0 Å². The molecule has 3 heteroatoms. The van der Waals surface area contributed by atoms with Crippen molar-refractivity contribution >= 4 is 26.2 Å². The van der Waals surface area contributed by atoms with E-state index in [0.29, 0.717) is 0 Å². The number of nitrogens with one attached hydrogen (secondary N) is 1. The van der Waals surface area contributed by atoms with E-state index >= 15 is 0 Å².